The molecule has 0 saturated carbocycles. The first-order valence-corrected chi connectivity index (χ1v) is 11.6. The van der Waals surface area contributed by atoms with Gasteiger partial charge in [-0.25, -0.2) is 9.97 Å². The molecule has 0 unspecified atom stereocenters. The lowest BCUT2D eigenvalue weighted by molar-refractivity contribution is 0.170. The molecule has 0 aliphatic carbocycles. The molecule has 0 amide bonds. The Labute approximate surface area is 178 Å². The molecule has 6 nitrogen and oxygen atoms in total. The van der Waals surface area contributed by atoms with E-state index >= 15 is 0 Å². The Morgan fingerprint density at radius 2 is 1.10 bits per heavy atom. The van der Waals surface area contributed by atoms with Gasteiger partial charge in [-0.05, 0) is 60.3 Å². The van der Waals surface area contributed by atoms with Gasteiger partial charge in [0.15, 0.2) is 0 Å². The summed E-state index contributed by atoms with van der Waals surface area (Å²) in [5.74, 6) is 3.01. The van der Waals surface area contributed by atoms with Crippen LogP contribution in [0.5, 0.6) is 0 Å². The minimum absolute atomic E-state index is 0.562. The monoisotopic (exact) mass is 402 g/mol. The van der Waals surface area contributed by atoms with Gasteiger partial charge in [-0.3, -0.25) is 0 Å². The Kier molecular flexibility index (Phi) is 7.38. The average Bonchev–Trinajstić information content (AvgIpc) is 2.72. The van der Waals surface area contributed by atoms with Crippen LogP contribution in [0.1, 0.15) is 59.2 Å². The zero-order chi connectivity index (χ0) is 21.1. The van der Waals surface area contributed by atoms with Gasteiger partial charge in [0.05, 0.1) is 0 Å². The highest BCUT2D eigenvalue weighted by Gasteiger charge is 2.27. The molecule has 2 aliphatic heterocycles. The van der Waals surface area contributed by atoms with Crippen molar-refractivity contribution in [3.05, 3.63) is 11.9 Å². The van der Waals surface area contributed by atoms with Crippen molar-refractivity contribution in [3.8, 4) is 0 Å². The molecule has 164 valence electrons. The molecule has 2 aliphatic rings. The molecular formula is C23H42N6. The first-order chi connectivity index (χ1) is 13.8. The number of anilines is 2. The first kappa shape index (κ1) is 22.3. The van der Waals surface area contributed by atoms with Crippen LogP contribution in [0.2, 0.25) is 0 Å². The van der Waals surface area contributed by atoms with Crippen LogP contribution in [0.4, 0.5) is 11.6 Å². The topological polar surface area (TPSA) is 38.7 Å². The molecule has 1 aromatic heterocycles. The highest BCUT2D eigenvalue weighted by molar-refractivity contribution is 5.51. The summed E-state index contributed by atoms with van der Waals surface area (Å²) < 4.78 is 0. The Bertz CT molecular complexity index is 593. The van der Waals surface area contributed by atoms with Crippen molar-refractivity contribution in [2.75, 3.05) is 50.1 Å². The van der Waals surface area contributed by atoms with Crippen LogP contribution < -0.4 is 9.80 Å². The van der Waals surface area contributed by atoms with Crippen LogP contribution in [0, 0.1) is 6.92 Å². The van der Waals surface area contributed by atoms with Crippen molar-refractivity contribution in [2.45, 2.75) is 84.5 Å². The zero-order valence-corrected chi connectivity index (χ0v) is 19.7. The maximum atomic E-state index is 4.79. The van der Waals surface area contributed by atoms with Crippen molar-refractivity contribution < 1.29 is 0 Å². The minimum atomic E-state index is 0.562. The maximum Gasteiger partial charge on any atom is 0.134 e. The normalized spacial score (nSPS) is 20.6. The minimum Gasteiger partial charge on any atom is -0.356 e. The number of aromatic nitrogens is 2. The van der Waals surface area contributed by atoms with E-state index in [1.807, 2.05) is 6.92 Å². The molecular weight excluding hydrogens is 360 g/mol. The van der Waals surface area contributed by atoms with Crippen LogP contribution in [0.15, 0.2) is 6.07 Å². The molecule has 2 saturated heterocycles. The third kappa shape index (κ3) is 5.40. The Morgan fingerprint density at radius 1 is 0.759 bits per heavy atom. The molecule has 0 spiro atoms. The van der Waals surface area contributed by atoms with E-state index in [-0.39, 0.29) is 0 Å². The first-order valence-electron chi connectivity index (χ1n) is 11.6. The van der Waals surface area contributed by atoms with Gasteiger partial charge in [-0.1, -0.05) is 0 Å². The highest BCUT2D eigenvalue weighted by atomic mass is 15.3. The predicted octanol–water partition coefficient (Wildman–Crippen LogP) is 3.40. The smallest absolute Gasteiger partial charge is 0.134 e. The van der Waals surface area contributed by atoms with Crippen molar-refractivity contribution in [1.82, 2.24) is 19.8 Å². The fourth-order valence-corrected chi connectivity index (χ4v) is 4.85. The largest absolute Gasteiger partial charge is 0.356 e. The second-order valence-corrected chi connectivity index (χ2v) is 9.58. The van der Waals surface area contributed by atoms with E-state index < -0.39 is 0 Å². The molecule has 0 aromatic carbocycles. The van der Waals surface area contributed by atoms with E-state index in [2.05, 4.69) is 67.5 Å². The molecule has 0 atom stereocenters. The summed E-state index contributed by atoms with van der Waals surface area (Å²) in [6, 6.07) is 4.62. The summed E-state index contributed by atoms with van der Waals surface area (Å²) in [5, 5.41) is 0. The Balaban J connectivity index is 1.66. The van der Waals surface area contributed by atoms with Gasteiger partial charge in [0, 0.05) is 70.5 Å². The third-order valence-electron chi connectivity index (χ3n) is 7.09. The van der Waals surface area contributed by atoms with E-state index in [4.69, 9.17) is 9.97 Å². The molecule has 29 heavy (non-hydrogen) atoms. The zero-order valence-electron chi connectivity index (χ0n) is 19.7. The lowest BCUT2D eigenvalue weighted by atomic mass is 10.0. The highest BCUT2D eigenvalue weighted by Crippen LogP contribution is 2.27. The van der Waals surface area contributed by atoms with Gasteiger partial charge in [0.1, 0.15) is 17.5 Å². The van der Waals surface area contributed by atoms with Crippen molar-refractivity contribution in [3.63, 3.8) is 0 Å². The molecule has 1 aromatic rings. The van der Waals surface area contributed by atoms with E-state index in [0.717, 1.165) is 17.5 Å². The molecule has 3 rings (SSSR count). The van der Waals surface area contributed by atoms with Crippen LogP contribution in [-0.4, -0.2) is 84.2 Å². The van der Waals surface area contributed by atoms with Crippen molar-refractivity contribution in [1.29, 1.82) is 0 Å². The van der Waals surface area contributed by atoms with Crippen LogP contribution in [0.3, 0.4) is 0 Å². The molecule has 0 N–H and O–H groups in total. The standard InChI is InChI=1S/C23H42N6/c1-17(2)28-12-8-20(9-13-28)26(6)22-16-23(25-19(5)24-22)27(7)21-10-14-29(15-11-21)18(3)4/h16-18,20-21H,8-15H2,1-7H3. The molecule has 0 bridgehead atoms. The number of aryl methyl sites for hydroxylation is 1. The summed E-state index contributed by atoms with van der Waals surface area (Å²) in [6.45, 7) is 15.9. The molecule has 6 heteroatoms. The quantitative estimate of drug-likeness (QED) is 0.726. The molecule has 0 radical (unpaired) electrons. The summed E-state index contributed by atoms with van der Waals surface area (Å²) in [7, 11) is 4.42. The van der Waals surface area contributed by atoms with Gasteiger partial charge in [0.2, 0.25) is 0 Å². The van der Waals surface area contributed by atoms with E-state index in [1.54, 1.807) is 0 Å². The van der Waals surface area contributed by atoms with Gasteiger partial charge < -0.3 is 19.6 Å². The fourth-order valence-electron chi connectivity index (χ4n) is 4.85. The third-order valence-corrected chi connectivity index (χ3v) is 7.09. The summed E-state index contributed by atoms with van der Waals surface area (Å²) in [4.78, 5) is 19.5. The SMILES string of the molecule is Cc1nc(N(C)C2CCN(C(C)C)CC2)cc(N(C)C2CCN(C(C)C)CC2)n1. The number of likely N-dealkylation sites (tertiary alicyclic amines) is 2. The molecule has 3 heterocycles. The van der Waals surface area contributed by atoms with Gasteiger partial charge in [-0.15, -0.1) is 0 Å². The molecule has 2 fully saturated rings. The number of nitrogens with zero attached hydrogens (tertiary/aromatic N) is 6. The van der Waals surface area contributed by atoms with Gasteiger partial charge >= 0.3 is 0 Å². The van der Waals surface area contributed by atoms with Crippen LogP contribution in [-0.2, 0) is 0 Å². The lowest BCUT2D eigenvalue weighted by Crippen LogP contribution is -2.46. The van der Waals surface area contributed by atoms with E-state index in [0.29, 0.717) is 24.2 Å². The van der Waals surface area contributed by atoms with Gasteiger partial charge in [-0.2, -0.15) is 0 Å². The Hall–Kier alpha value is -1.40. The maximum absolute atomic E-state index is 4.79. The van der Waals surface area contributed by atoms with Crippen molar-refractivity contribution >= 4 is 11.6 Å². The average molecular weight is 403 g/mol. The second-order valence-electron chi connectivity index (χ2n) is 9.58. The summed E-state index contributed by atoms with van der Waals surface area (Å²) in [5.41, 5.74) is 0. The predicted molar refractivity (Wildman–Crippen MR) is 123 cm³/mol. The second kappa shape index (κ2) is 9.61. The van der Waals surface area contributed by atoms with Crippen LogP contribution in [0.25, 0.3) is 0 Å². The lowest BCUT2D eigenvalue weighted by Gasteiger charge is -2.40. The number of rotatable bonds is 6. The summed E-state index contributed by atoms with van der Waals surface area (Å²) in [6.07, 6.45) is 4.82. The summed E-state index contributed by atoms with van der Waals surface area (Å²) >= 11 is 0. The fraction of sp³-hybridized carbons (Fsp3) is 0.826. The number of hydrogen-bond acceptors (Lipinski definition) is 6. The number of piperidine rings is 2. The Morgan fingerprint density at radius 3 is 1.41 bits per heavy atom. The van der Waals surface area contributed by atoms with E-state index in [9.17, 15) is 0 Å². The number of hydrogen-bond donors (Lipinski definition) is 0. The van der Waals surface area contributed by atoms with Crippen molar-refractivity contribution in [2.24, 2.45) is 0 Å². The van der Waals surface area contributed by atoms with Gasteiger partial charge in [0.25, 0.3) is 0 Å². The van der Waals surface area contributed by atoms with Crippen LogP contribution >= 0.6 is 0 Å². The van der Waals surface area contributed by atoms with E-state index in [1.165, 1.54) is 51.9 Å².